The Kier molecular flexibility index (Phi) is 4.94. The molecule has 3 heterocycles. The molecule has 0 aliphatic heterocycles. The van der Waals surface area contributed by atoms with E-state index in [1.165, 1.54) is 0 Å². The molecule has 0 fully saturated rings. The first-order chi connectivity index (χ1) is 14.1. The summed E-state index contributed by atoms with van der Waals surface area (Å²) in [4.78, 5) is 16.0. The van der Waals surface area contributed by atoms with E-state index in [2.05, 4.69) is 35.5 Å². The van der Waals surface area contributed by atoms with Gasteiger partial charge in [-0.1, -0.05) is 13.0 Å². The largest absolute Gasteiger partial charge is 0.421 e. The van der Waals surface area contributed by atoms with E-state index in [1.807, 2.05) is 26.8 Å². The van der Waals surface area contributed by atoms with Crippen molar-refractivity contribution in [3.05, 3.63) is 53.4 Å². The van der Waals surface area contributed by atoms with Crippen LogP contribution < -0.4 is 10.1 Å². The van der Waals surface area contributed by atoms with Crippen molar-refractivity contribution in [3.8, 4) is 11.8 Å². The van der Waals surface area contributed by atoms with Crippen LogP contribution in [0.4, 0.5) is 16.2 Å². The van der Waals surface area contributed by atoms with Crippen LogP contribution in [-0.2, 0) is 6.42 Å². The van der Waals surface area contributed by atoms with Crippen LogP contribution in [-0.4, -0.2) is 30.1 Å². The Hall–Kier alpha value is -3.75. The van der Waals surface area contributed by atoms with Crippen molar-refractivity contribution in [2.75, 3.05) is 5.32 Å². The second-order valence-corrected chi connectivity index (χ2v) is 6.44. The Bertz CT molecular complexity index is 1190. The van der Waals surface area contributed by atoms with Gasteiger partial charge in [-0.25, -0.2) is 4.39 Å². The second-order valence-electron chi connectivity index (χ2n) is 6.44. The Balaban J connectivity index is 1.63. The zero-order valence-corrected chi connectivity index (χ0v) is 16.2. The number of ether oxygens (including phenoxy) is 1. The third-order valence-corrected chi connectivity index (χ3v) is 4.23. The van der Waals surface area contributed by atoms with Gasteiger partial charge in [0.05, 0.1) is 0 Å². The predicted molar refractivity (Wildman–Crippen MR) is 109 cm³/mol. The molecule has 0 saturated heterocycles. The summed E-state index contributed by atoms with van der Waals surface area (Å²) in [5.41, 5.74) is 2.32. The number of aromatic nitrogens is 6. The molecule has 0 amide bonds. The number of hydrogen-bond acceptors (Lipinski definition) is 6. The maximum absolute atomic E-state index is 14.8. The highest BCUT2D eigenvalue weighted by molar-refractivity contribution is 5.82. The van der Waals surface area contributed by atoms with Crippen LogP contribution in [0.5, 0.6) is 11.8 Å². The summed E-state index contributed by atoms with van der Waals surface area (Å²) in [6.07, 6.45) is 4.31. The number of anilines is 2. The predicted octanol–water partition coefficient (Wildman–Crippen LogP) is 4.65. The van der Waals surface area contributed by atoms with Gasteiger partial charge in [0.25, 0.3) is 0 Å². The third-order valence-electron chi connectivity index (χ3n) is 4.23. The minimum Gasteiger partial charge on any atom is -0.421 e. The number of nitrogens with zero attached hydrogens (tertiary/aromatic N) is 4. The molecule has 3 aromatic heterocycles. The van der Waals surface area contributed by atoms with Gasteiger partial charge in [-0.15, -0.1) is 5.10 Å². The summed E-state index contributed by atoms with van der Waals surface area (Å²) >= 11 is 0. The number of hydrogen-bond donors (Lipinski definition) is 3. The quantitative estimate of drug-likeness (QED) is 0.440. The fourth-order valence-corrected chi connectivity index (χ4v) is 2.91. The van der Waals surface area contributed by atoms with Gasteiger partial charge in [-0.3, -0.25) is 5.10 Å². The van der Waals surface area contributed by atoms with Crippen LogP contribution in [0.15, 0.2) is 30.3 Å². The summed E-state index contributed by atoms with van der Waals surface area (Å²) in [6.45, 7) is 5.72. The molecule has 0 aliphatic carbocycles. The number of aromatic amines is 2. The number of H-pyrrole nitrogens is 2. The highest BCUT2D eigenvalue weighted by atomic mass is 19.1. The maximum Gasteiger partial charge on any atom is 0.324 e. The highest BCUT2D eigenvalue weighted by Crippen LogP contribution is 2.30. The van der Waals surface area contributed by atoms with Gasteiger partial charge < -0.3 is 15.0 Å². The SMILES string of the molecule is C/C=C/c1nc(Nc2cc(CC)nc(Oc3ccc4[nH]c(C)cc4c3F)n2)n[nH]1. The monoisotopic (exact) mass is 393 g/mol. The van der Waals surface area contributed by atoms with Crippen molar-refractivity contribution in [3.63, 3.8) is 0 Å². The summed E-state index contributed by atoms with van der Waals surface area (Å²) in [6, 6.07) is 6.87. The molecule has 1 aromatic carbocycles. The lowest BCUT2D eigenvalue weighted by Crippen LogP contribution is -2.02. The third kappa shape index (κ3) is 3.93. The highest BCUT2D eigenvalue weighted by Gasteiger charge is 2.14. The molecule has 4 aromatic rings. The molecule has 29 heavy (non-hydrogen) atoms. The normalized spacial score (nSPS) is 11.4. The molecule has 0 aliphatic rings. The summed E-state index contributed by atoms with van der Waals surface area (Å²) in [5.74, 6) is 1.03. The van der Waals surface area contributed by atoms with Crippen molar-refractivity contribution >= 4 is 28.7 Å². The minimum absolute atomic E-state index is 0.0431. The van der Waals surface area contributed by atoms with Gasteiger partial charge in [0.2, 0.25) is 5.95 Å². The van der Waals surface area contributed by atoms with Gasteiger partial charge in [0, 0.05) is 28.4 Å². The molecule has 0 bridgehead atoms. The minimum atomic E-state index is -0.461. The molecule has 148 valence electrons. The summed E-state index contributed by atoms with van der Waals surface area (Å²) in [7, 11) is 0. The van der Waals surface area contributed by atoms with E-state index >= 15 is 0 Å². The van der Waals surface area contributed by atoms with Crippen molar-refractivity contribution in [1.82, 2.24) is 30.1 Å². The molecule has 0 atom stereocenters. The molecular formula is C20H20FN7O. The fraction of sp³-hybridized carbons (Fsp3) is 0.200. The topological polar surface area (TPSA) is 104 Å². The van der Waals surface area contributed by atoms with Gasteiger partial charge in [0.1, 0.15) is 11.6 Å². The Morgan fingerprint density at radius 2 is 2.07 bits per heavy atom. The van der Waals surface area contributed by atoms with Gasteiger partial charge in [0.15, 0.2) is 11.6 Å². The van der Waals surface area contributed by atoms with Crippen molar-refractivity contribution in [1.29, 1.82) is 0 Å². The van der Waals surface area contributed by atoms with Crippen molar-refractivity contribution in [2.45, 2.75) is 27.2 Å². The maximum atomic E-state index is 14.8. The number of nitrogens with one attached hydrogen (secondary N) is 3. The number of allylic oxidation sites excluding steroid dienone is 1. The lowest BCUT2D eigenvalue weighted by Gasteiger charge is -2.09. The van der Waals surface area contributed by atoms with Crippen molar-refractivity contribution < 1.29 is 9.13 Å². The first kappa shape index (κ1) is 18.6. The van der Waals surface area contributed by atoms with Crippen LogP contribution >= 0.6 is 0 Å². The van der Waals surface area contributed by atoms with Gasteiger partial charge in [-0.05, 0) is 44.5 Å². The first-order valence-electron chi connectivity index (χ1n) is 9.21. The molecule has 8 nitrogen and oxygen atoms in total. The zero-order chi connectivity index (χ0) is 20.4. The number of halogens is 1. The molecule has 0 unspecified atom stereocenters. The lowest BCUT2D eigenvalue weighted by atomic mass is 10.2. The molecule has 0 spiro atoms. The van der Waals surface area contributed by atoms with E-state index in [1.54, 1.807) is 30.3 Å². The smallest absolute Gasteiger partial charge is 0.324 e. The number of aryl methyl sites for hydroxylation is 2. The molecule has 9 heteroatoms. The van der Waals surface area contributed by atoms with Crippen LogP contribution in [0.2, 0.25) is 0 Å². The lowest BCUT2D eigenvalue weighted by molar-refractivity contribution is 0.413. The van der Waals surface area contributed by atoms with E-state index < -0.39 is 5.82 Å². The standard InChI is InChI=1S/C20H20FN7O/c1-4-6-16-24-19(28-27-16)25-17-10-12(5-2)23-20(26-17)29-15-8-7-14-13(18(15)21)9-11(3)22-14/h4,6-10,22H,5H2,1-3H3,(H2,23,24,25,26,27,28)/b6-4+. The van der Waals surface area contributed by atoms with Gasteiger partial charge in [-0.2, -0.15) is 15.0 Å². The van der Waals surface area contributed by atoms with E-state index in [9.17, 15) is 4.39 Å². The first-order valence-corrected chi connectivity index (χ1v) is 9.21. The van der Waals surface area contributed by atoms with E-state index in [0.29, 0.717) is 34.9 Å². The Labute approximate surface area is 166 Å². The van der Waals surface area contributed by atoms with E-state index in [-0.39, 0.29) is 11.8 Å². The molecule has 3 N–H and O–H groups in total. The summed E-state index contributed by atoms with van der Waals surface area (Å²) < 4.78 is 20.5. The van der Waals surface area contributed by atoms with E-state index in [0.717, 1.165) is 11.4 Å². The van der Waals surface area contributed by atoms with Crippen molar-refractivity contribution in [2.24, 2.45) is 0 Å². The second kappa shape index (κ2) is 7.70. The number of fused-ring (bicyclic) bond motifs is 1. The number of benzene rings is 1. The number of rotatable bonds is 6. The average Bonchev–Trinajstić information content (AvgIpc) is 3.30. The molecule has 0 radical (unpaired) electrons. The van der Waals surface area contributed by atoms with E-state index in [4.69, 9.17) is 4.74 Å². The zero-order valence-electron chi connectivity index (χ0n) is 16.2. The Morgan fingerprint density at radius 1 is 1.21 bits per heavy atom. The summed E-state index contributed by atoms with van der Waals surface area (Å²) in [5, 5.41) is 10.4. The Morgan fingerprint density at radius 3 is 2.86 bits per heavy atom. The van der Waals surface area contributed by atoms with Crippen LogP contribution in [0.3, 0.4) is 0 Å². The van der Waals surface area contributed by atoms with Crippen LogP contribution in [0.1, 0.15) is 31.1 Å². The van der Waals surface area contributed by atoms with Crippen LogP contribution in [0, 0.1) is 12.7 Å². The molecule has 0 saturated carbocycles. The molecule has 4 rings (SSSR count). The average molecular weight is 393 g/mol. The molecular weight excluding hydrogens is 373 g/mol. The van der Waals surface area contributed by atoms with Gasteiger partial charge >= 0.3 is 6.01 Å². The van der Waals surface area contributed by atoms with Crippen LogP contribution in [0.25, 0.3) is 17.0 Å². The fourth-order valence-electron chi connectivity index (χ4n) is 2.91.